The van der Waals surface area contributed by atoms with E-state index in [1.807, 2.05) is 43.4 Å². The number of benzene rings is 2. The summed E-state index contributed by atoms with van der Waals surface area (Å²) in [7, 11) is 2.03. The molecule has 1 atom stereocenters. The third-order valence-corrected chi connectivity index (χ3v) is 7.46. The van der Waals surface area contributed by atoms with Crippen molar-refractivity contribution in [3.63, 3.8) is 0 Å². The minimum absolute atomic E-state index is 0.0837. The Morgan fingerprint density at radius 2 is 2.00 bits per heavy atom. The predicted molar refractivity (Wildman–Crippen MR) is 141 cm³/mol. The minimum atomic E-state index is -1.06. The molecule has 8 nitrogen and oxygen atoms in total. The Morgan fingerprint density at radius 1 is 1.14 bits per heavy atom. The zero-order valence-corrected chi connectivity index (χ0v) is 21.6. The second-order valence-electron chi connectivity index (χ2n) is 9.93. The van der Waals surface area contributed by atoms with Crippen LogP contribution in [0.5, 0.6) is 11.5 Å². The fourth-order valence-corrected chi connectivity index (χ4v) is 5.25. The first-order valence-corrected chi connectivity index (χ1v) is 13.0. The van der Waals surface area contributed by atoms with E-state index < -0.39 is 5.60 Å². The lowest BCUT2D eigenvalue weighted by Gasteiger charge is -2.41. The molecule has 1 N–H and O–H groups in total. The number of aromatic nitrogens is 1. The molecule has 3 heterocycles. The lowest BCUT2D eigenvalue weighted by atomic mass is 9.91. The number of morpholine rings is 1. The molecule has 2 aliphatic rings. The van der Waals surface area contributed by atoms with Crippen LogP contribution < -0.4 is 14.8 Å². The average molecular weight is 506 g/mol. The SMILES string of the molecule is Cc1cc2cc(OCC(=O)N3CCOC4(CCCCc5ccccc5OCCNC4=O)C3)ccc2n1C. The number of carbonyl (C=O) groups excluding carboxylic acids is 2. The van der Waals surface area contributed by atoms with Crippen molar-refractivity contribution in [2.75, 3.05) is 39.5 Å². The van der Waals surface area contributed by atoms with Gasteiger partial charge >= 0.3 is 0 Å². The Hall–Kier alpha value is -3.52. The van der Waals surface area contributed by atoms with E-state index in [0.717, 1.165) is 41.6 Å². The van der Waals surface area contributed by atoms with Crippen LogP contribution in [0.3, 0.4) is 0 Å². The molecule has 37 heavy (non-hydrogen) atoms. The van der Waals surface area contributed by atoms with Crippen molar-refractivity contribution in [1.82, 2.24) is 14.8 Å². The van der Waals surface area contributed by atoms with E-state index in [9.17, 15) is 9.59 Å². The Morgan fingerprint density at radius 3 is 2.89 bits per heavy atom. The third kappa shape index (κ3) is 5.44. The number of rotatable bonds is 3. The van der Waals surface area contributed by atoms with Crippen LogP contribution in [0.4, 0.5) is 0 Å². The van der Waals surface area contributed by atoms with Crippen LogP contribution in [0.2, 0.25) is 0 Å². The van der Waals surface area contributed by atoms with E-state index in [1.54, 1.807) is 4.90 Å². The number of hydrogen-bond donors (Lipinski definition) is 1. The summed E-state index contributed by atoms with van der Waals surface area (Å²) < 4.78 is 20.0. The van der Waals surface area contributed by atoms with Crippen molar-refractivity contribution in [2.24, 2.45) is 7.05 Å². The molecule has 1 spiro atoms. The summed E-state index contributed by atoms with van der Waals surface area (Å²) in [4.78, 5) is 28.1. The highest BCUT2D eigenvalue weighted by molar-refractivity contribution is 5.87. The van der Waals surface area contributed by atoms with Crippen LogP contribution in [0, 0.1) is 6.92 Å². The lowest BCUT2D eigenvalue weighted by molar-refractivity contribution is -0.168. The first-order valence-electron chi connectivity index (χ1n) is 13.0. The Labute approximate surface area is 217 Å². The molecule has 2 aliphatic heterocycles. The Kier molecular flexibility index (Phi) is 7.37. The van der Waals surface area contributed by atoms with E-state index in [4.69, 9.17) is 14.2 Å². The normalized spacial score (nSPS) is 20.9. The zero-order chi connectivity index (χ0) is 25.8. The van der Waals surface area contributed by atoms with Crippen molar-refractivity contribution >= 4 is 22.7 Å². The Bertz CT molecular complexity index is 1290. The third-order valence-electron chi connectivity index (χ3n) is 7.46. The van der Waals surface area contributed by atoms with E-state index in [-0.39, 0.29) is 25.0 Å². The quantitative estimate of drug-likeness (QED) is 0.590. The van der Waals surface area contributed by atoms with Gasteiger partial charge < -0.3 is 29.0 Å². The molecule has 8 heteroatoms. The summed E-state index contributed by atoms with van der Waals surface area (Å²) in [6.07, 6.45) is 3.13. The van der Waals surface area contributed by atoms with Crippen molar-refractivity contribution in [3.8, 4) is 11.5 Å². The van der Waals surface area contributed by atoms with Crippen LogP contribution in [0.25, 0.3) is 10.9 Å². The molecule has 0 saturated carbocycles. The molecule has 3 aromatic rings. The van der Waals surface area contributed by atoms with Gasteiger partial charge in [0.15, 0.2) is 12.2 Å². The van der Waals surface area contributed by atoms with Crippen molar-refractivity contribution in [1.29, 1.82) is 0 Å². The standard InChI is InChI=1S/C29H35N3O5/c1-21-17-23-18-24(10-11-25(23)31(21)2)36-19-27(33)32-14-16-37-29(20-32)12-6-5-8-22-7-3-4-9-26(22)35-15-13-30-28(29)34/h3-4,7,9-11,17-18H,5-6,8,12-16,19-20H2,1-2H3,(H,30,34). The van der Waals surface area contributed by atoms with Gasteiger partial charge in [-0.15, -0.1) is 0 Å². The maximum Gasteiger partial charge on any atom is 0.260 e. The summed E-state index contributed by atoms with van der Waals surface area (Å²) in [6.45, 7) is 3.69. The molecule has 196 valence electrons. The van der Waals surface area contributed by atoms with E-state index >= 15 is 0 Å². The highest BCUT2D eigenvalue weighted by Gasteiger charge is 2.44. The topological polar surface area (TPSA) is 82.0 Å². The molecule has 2 amide bonds. The second-order valence-corrected chi connectivity index (χ2v) is 9.93. The number of hydrogen-bond acceptors (Lipinski definition) is 5. The highest BCUT2D eigenvalue weighted by Crippen LogP contribution is 2.28. The number of nitrogens with one attached hydrogen (secondary N) is 1. The van der Waals surface area contributed by atoms with Gasteiger partial charge in [0.2, 0.25) is 0 Å². The summed E-state index contributed by atoms with van der Waals surface area (Å²) in [5, 5.41) is 4.05. The summed E-state index contributed by atoms with van der Waals surface area (Å²) >= 11 is 0. The predicted octanol–water partition coefficient (Wildman–Crippen LogP) is 3.38. The number of carbonyl (C=O) groups is 2. The van der Waals surface area contributed by atoms with Gasteiger partial charge in [-0.2, -0.15) is 0 Å². The minimum Gasteiger partial charge on any atom is -0.491 e. The number of fused-ring (bicyclic) bond motifs is 2. The number of para-hydroxylation sites is 1. The van der Waals surface area contributed by atoms with Crippen LogP contribution in [0.15, 0.2) is 48.5 Å². The van der Waals surface area contributed by atoms with Crippen molar-refractivity contribution in [3.05, 3.63) is 59.8 Å². The molecule has 0 bridgehead atoms. The van der Waals surface area contributed by atoms with Crippen LogP contribution in [-0.2, 0) is 27.8 Å². The summed E-state index contributed by atoms with van der Waals surface area (Å²) in [5.41, 5.74) is 2.39. The monoisotopic (exact) mass is 505 g/mol. The smallest absolute Gasteiger partial charge is 0.260 e. The maximum atomic E-state index is 13.3. The molecule has 5 rings (SSSR count). The number of amides is 2. The lowest BCUT2D eigenvalue weighted by Crippen LogP contribution is -2.61. The zero-order valence-electron chi connectivity index (χ0n) is 21.6. The van der Waals surface area contributed by atoms with Gasteiger partial charge in [-0.3, -0.25) is 9.59 Å². The number of nitrogens with zero attached hydrogens (tertiary/aromatic N) is 2. The van der Waals surface area contributed by atoms with Gasteiger partial charge in [0, 0.05) is 30.2 Å². The van der Waals surface area contributed by atoms with E-state index in [1.165, 1.54) is 5.56 Å². The van der Waals surface area contributed by atoms with Gasteiger partial charge in [0.05, 0.1) is 19.7 Å². The highest BCUT2D eigenvalue weighted by atomic mass is 16.5. The van der Waals surface area contributed by atoms with Gasteiger partial charge in [-0.1, -0.05) is 18.2 Å². The van der Waals surface area contributed by atoms with Gasteiger partial charge in [0.1, 0.15) is 18.1 Å². The van der Waals surface area contributed by atoms with Crippen LogP contribution in [0.1, 0.15) is 30.5 Å². The average Bonchev–Trinajstić information content (AvgIpc) is 3.20. The molecule has 0 radical (unpaired) electrons. The number of ether oxygens (including phenoxy) is 3. The van der Waals surface area contributed by atoms with Crippen molar-refractivity contribution in [2.45, 2.75) is 38.2 Å². The molecule has 1 unspecified atom stereocenters. The van der Waals surface area contributed by atoms with Crippen LogP contribution >= 0.6 is 0 Å². The number of aryl methyl sites for hydroxylation is 3. The second kappa shape index (κ2) is 10.8. The fourth-order valence-electron chi connectivity index (χ4n) is 5.25. The largest absolute Gasteiger partial charge is 0.491 e. The first kappa shape index (κ1) is 25.1. The van der Waals surface area contributed by atoms with Crippen molar-refractivity contribution < 1.29 is 23.8 Å². The molecule has 2 aromatic carbocycles. The van der Waals surface area contributed by atoms with E-state index in [2.05, 4.69) is 28.9 Å². The van der Waals surface area contributed by atoms with E-state index in [0.29, 0.717) is 38.5 Å². The molecule has 1 saturated heterocycles. The van der Waals surface area contributed by atoms with Gasteiger partial charge in [-0.25, -0.2) is 0 Å². The molecular weight excluding hydrogens is 470 g/mol. The molecule has 0 aliphatic carbocycles. The van der Waals surface area contributed by atoms with Gasteiger partial charge in [-0.05, 0) is 68.5 Å². The first-order chi connectivity index (χ1) is 17.9. The summed E-state index contributed by atoms with van der Waals surface area (Å²) in [6, 6.07) is 16.0. The molecular formula is C29H35N3O5. The Balaban J connectivity index is 1.23. The molecule has 1 fully saturated rings. The maximum absolute atomic E-state index is 13.3. The van der Waals surface area contributed by atoms with Crippen LogP contribution in [-0.4, -0.2) is 66.3 Å². The van der Waals surface area contributed by atoms with Gasteiger partial charge in [0.25, 0.3) is 11.8 Å². The fraction of sp³-hybridized carbons (Fsp3) is 0.448. The summed E-state index contributed by atoms with van der Waals surface area (Å²) in [5.74, 6) is 1.19. The molecule has 1 aromatic heterocycles.